The number of amides is 3. The molecule has 41 heavy (non-hydrogen) atoms. The topological polar surface area (TPSA) is 135 Å². The van der Waals surface area contributed by atoms with Gasteiger partial charge in [-0.3, -0.25) is 14.4 Å². The number of hydrazone groups is 1. The van der Waals surface area contributed by atoms with E-state index in [4.69, 9.17) is 9.47 Å². The fourth-order valence-electron chi connectivity index (χ4n) is 3.55. The number of rotatable bonds is 9. The monoisotopic (exact) mass is 550 g/mol. The number of nitrogens with one attached hydrogen (secondary N) is 3. The minimum absolute atomic E-state index is 0.153. The Morgan fingerprint density at radius 3 is 2.10 bits per heavy atom. The number of nitrogens with zero attached hydrogens (tertiary/aromatic N) is 1. The van der Waals surface area contributed by atoms with Crippen LogP contribution in [0.4, 0.5) is 11.4 Å². The third-order valence-corrected chi connectivity index (χ3v) is 5.53. The second kappa shape index (κ2) is 13.9. The summed E-state index contributed by atoms with van der Waals surface area (Å²) in [6.45, 7) is 2.40. The Bertz CT molecular complexity index is 1550. The zero-order valence-electron chi connectivity index (χ0n) is 22.0. The third kappa shape index (κ3) is 8.11. The van der Waals surface area contributed by atoms with Gasteiger partial charge in [0.25, 0.3) is 5.91 Å². The third-order valence-electron chi connectivity index (χ3n) is 5.53. The average Bonchev–Trinajstić information content (AvgIpc) is 2.99. The van der Waals surface area contributed by atoms with Gasteiger partial charge in [-0.2, -0.15) is 5.10 Å². The molecule has 10 heteroatoms. The lowest BCUT2D eigenvalue weighted by Gasteiger charge is -2.11. The second-order valence-corrected chi connectivity index (χ2v) is 8.43. The Balaban J connectivity index is 1.30. The van der Waals surface area contributed by atoms with Gasteiger partial charge >= 0.3 is 17.8 Å². The summed E-state index contributed by atoms with van der Waals surface area (Å²) in [4.78, 5) is 49.7. The molecule has 0 bridgehead atoms. The lowest BCUT2D eigenvalue weighted by molar-refractivity contribution is -0.136. The Labute approximate surface area is 236 Å². The zero-order valence-corrected chi connectivity index (χ0v) is 22.0. The summed E-state index contributed by atoms with van der Waals surface area (Å²) in [7, 11) is 0. The number of hydrogen-bond acceptors (Lipinski definition) is 7. The van der Waals surface area contributed by atoms with Gasteiger partial charge in [-0.1, -0.05) is 30.3 Å². The maximum absolute atomic E-state index is 12.8. The minimum atomic E-state index is -1.03. The highest BCUT2D eigenvalue weighted by molar-refractivity contribution is 6.40. The Morgan fingerprint density at radius 1 is 0.732 bits per heavy atom. The number of para-hydroxylation sites is 1. The van der Waals surface area contributed by atoms with E-state index in [0.29, 0.717) is 34.9 Å². The largest absolute Gasteiger partial charge is 0.494 e. The molecule has 0 saturated carbocycles. The van der Waals surface area contributed by atoms with Gasteiger partial charge < -0.3 is 20.1 Å². The van der Waals surface area contributed by atoms with Crippen molar-refractivity contribution in [1.82, 2.24) is 5.43 Å². The van der Waals surface area contributed by atoms with Crippen LogP contribution in [-0.2, 0) is 9.59 Å². The molecule has 0 fully saturated rings. The highest BCUT2D eigenvalue weighted by atomic mass is 16.5. The highest BCUT2D eigenvalue weighted by Gasteiger charge is 2.18. The van der Waals surface area contributed by atoms with Crippen molar-refractivity contribution in [3.63, 3.8) is 0 Å². The Kier molecular flexibility index (Phi) is 9.54. The predicted octanol–water partition coefficient (Wildman–Crippen LogP) is 4.65. The van der Waals surface area contributed by atoms with Crippen LogP contribution in [0.3, 0.4) is 0 Å². The van der Waals surface area contributed by atoms with Crippen molar-refractivity contribution in [1.29, 1.82) is 0 Å². The van der Waals surface area contributed by atoms with Crippen LogP contribution in [0.2, 0.25) is 0 Å². The number of anilines is 2. The maximum Gasteiger partial charge on any atom is 0.343 e. The van der Waals surface area contributed by atoms with Crippen LogP contribution in [0, 0.1) is 0 Å². The molecule has 3 amide bonds. The van der Waals surface area contributed by atoms with Crippen LogP contribution in [0.5, 0.6) is 11.5 Å². The maximum atomic E-state index is 12.8. The van der Waals surface area contributed by atoms with E-state index in [1.165, 1.54) is 18.3 Å². The van der Waals surface area contributed by atoms with E-state index >= 15 is 0 Å². The fourth-order valence-corrected chi connectivity index (χ4v) is 3.55. The van der Waals surface area contributed by atoms with Gasteiger partial charge in [0.15, 0.2) is 0 Å². The molecule has 0 saturated heterocycles. The number of carbonyl (C=O) groups is 4. The van der Waals surface area contributed by atoms with E-state index in [1.54, 1.807) is 91.0 Å². The first-order chi connectivity index (χ1) is 19.9. The lowest BCUT2D eigenvalue weighted by Crippen LogP contribution is -2.33. The predicted molar refractivity (Wildman–Crippen MR) is 154 cm³/mol. The van der Waals surface area contributed by atoms with Gasteiger partial charge in [0, 0.05) is 5.69 Å². The zero-order chi connectivity index (χ0) is 29.0. The number of ether oxygens (including phenoxy) is 2. The lowest BCUT2D eigenvalue weighted by atomic mass is 10.1. The normalized spacial score (nSPS) is 10.5. The van der Waals surface area contributed by atoms with Crippen LogP contribution in [-0.4, -0.2) is 36.5 Å². The van der Waals surface area contributed by atoms with E-state index in [-0.39, 0.29) is 11.3 Å². The number of hydrogen-bond donors (Lipinski definition) is 3. The fraction of sp³-hybridized carbons (Fsp3) is 0.0645. The SMILES string of the molecule is CCOc1ccc(NC(=O)c2ccccc2NC(=O)C(=O)N/N=C/c2ccc(OC(=O)c3ccccc3)cc2)cc1. The molecular formula is C31H26N4O6. The highest BCUT2D eigenvalue weighted by Crippen LogP contribution is 2.20. The summed E-state index contributed by atoms with van der Waals surface area (Å²) >= 11 is 0. The summed E-state index contributed by atoms with van der Waals surface area (Å²) < 4.78 is 10.7. The molecule has 0 aliphatic carbocycles. The molecule has 0 spiro atoms. The number of esters is 1. The molecule has 206 valence electrons. The molecule has 0 aliphatic rings. The summed E-state index contributed by atoms with van der Waals surface area (Å²) in [5.41, 5.74) is 4.01. The van der Waals surface area contributed by atoms with Crippen molar-refractivity contribution in [2.45, 2.75) is 6.92 Å². The Morgan fingerprint density at radius 2 is 1.39 bits per heavy atom. The number of carbonyl (C=O) groups excluding carboxylic acids is 4. The van der Waals surface area contributed by atoms with E-state index < -0.39 is 23.7 Å². The van der Waals surface area contributed by atoms with Gasteiger partial charge in [0.05, 0.1) is 29.6 Å². The van der Waals surface area contributed by atoms with Crippen molar-refractivity contribution < 1.29 is 28.7 Å². The first kappa shape index (κ1) is 28.2. The van der Waals surface area contributed by atoms with Crippen molar-refractivity contribution in [2.24, 2.45) is 5.10 Å². The molecule has 4 rings (SSSR count). The molecule has 0 atom stereocenters. The molecule has 0 unspecified atom stereocenters. The van der Waals surface area contributed by atoms with Crippen molar-refractivity contribution in [3.8, 4) is 11.5 Å². The molecule has 0 radical (unpaired) electrons. The summed E-state index contributed by atoms with van der Waals surface area (Å²) in [5, 5.41) is 8.98. The second-order valence-electron chi connectivity index (χ2n) is 8.43. The first-order valence-electron chi connectivity index (χ1n) is 12.6. The standard InChI is InChI=1S/C31H26N4O6/c1-2-40-24-18-14-23(15-19-24)33-28(36)26-10-6-7-11-27(26)34-29(37)30(38)35-32-20-21-12-16-25(17-13-21)41-31(39)22-8-4-3-5-9-22/h3-20H,2H2,1H3,(H,33,36)(H,34,37)(H,35,38)/b32-20+. The molecule has 4 aromatic carbocycles. The smallest absolute Gasteiger partial charge is 0.343 e. The van der Waals surface area contributed by atoms with Crippen molar-refractivity contribution >= 4 is 41.3 Å². The molecule has 10 nitrogen and oxygen atoms in total. The van der Waals surface area contributed by atoms with Crippen LogP contribution in [0.25, 0.3) is 0 Å². The van der Waals surface area contributed by atoms with Crippen LogP contribution < -0.4 is 25.5 Å². The van der Waals surface area contributed by atoms with Crippen LogP contribution in [0.1, 0.15) is 33.2 Å². The van der Waals surface area contributed by atoms with Gasteiger partial charge in [-0.15, -0.1) is 0 Å². The molecule has 4 aromatic rings. The van der Waals surface area contributed by atoms with Gasteiger partial charge in [-0.05, 0) is 85.3 Å². The molecule has 0 aromatic heterocycles. The van der Waals surface area contributed by atoms with Crippen LogP contribution in [0.15, 0.2) is 108 Å². The van der Waals surface area contributed by atoms with Crippen LogP contribution >= 0.6 is 0 Å². The quantitative estimate of drug-likeness (QED) is 0.0913. The number of benzene rings is 4. The minimum Gasteiger partial charge on any atom is -0.494 e. The molecular weight excluding hydrogens is 524 g/mol. The molecule has 0 aliphatic heterocycles. The van der Waals surface area contributed by atoms with E-state index in [9.17, 15) is 19.2 Å². The Hall–Kier alpha value is -5.77. The average molecular weight is 551 g/mol. The van der Waals surface area contributed by atoms with Gasteiger partial charge in [-0.25, -0.2) is 10.2 Å². The van der Waals surface area contributed by atoms with E-state index in [2.05, 4.69) is 21.2 Å². The summed E-state index contributed by atoms with van der Waals surface area (Å²) in [6.07, 6.45) is 1.33. The van der Waals surface area contributed by atoms with Crippen molar-refractivity contribution in [2.75, 3.05) is 17.2 Å². The summed E-state index contributed by atoms with van der Waals surface area (Å²) in [6, 6.07) is 28.1. The molecule has 3 N–H and O–H groups in total. The van der Waals surface area contributed by atoms with E-state index in [1.807, 2.05) is 6.92 Å². The van der Waals surface area contributed by atoms with Crippen molar-refractivity contribution in [3.05, 3.63) is 120 Å². The summed E-state index contributed by atoms with van der Waals surface area (Å²) in [5.74, 6) is -1.98. The van der Waals surface area contributed by atoms with E-state index in [0.717, 1.165) is 0 Å². The first-order valence-corrected chi connectivity index (χ1v) is 12.6. The van der Waals surface area contributed by atoms with Gasteiger partial charge in [0.1, 0.15) is 11.5 Å². The van der Waals surface area contributed by atoms with Gasteiger partial charge in [0.2, 0.25) is 0 Å². The molecule has 0 heterocycles.